The van der Waals surface area contributed by atoms with Gasteiger partial charge in [-0.1, -0.05) is 36.4 Å². The van der Waals surface area contributed by atoms with Crippen molar-refractivity contribution in [3.63, 3.8) is 0 Å². The van der Waals surface area contributed by atoms with Crippen LogP contribution in [-0.4, -0.2) is 58.7 Å². The third-order valence-corrected chi connectivity index (χ3v) is 7.95. The van der Waals surface area contributed by atoms with Crippen molar-refractivity contribution in [2.75, 3.05) is 63.5 Å². The number of benzene rings is 3. The zero-order valence-corrected chi connectivity index (χ0v) is 25.2. The van der Waals surface area contributed by atoms with Crippen molar-refractivity contribution in [2.45, 2.75) is 26.3 Å². The molecule has 4 aromatic rings. The van der Waals surface area contributed by atoms with Crippen LogP contribution in [0.2, 0.25) is 0 Å². The van der Waals surface area contributed by atoms with Gasteiger partial charge in [0.05, 0.1) is 59.6 Å². The lowest BCUT2D eigenvalue weighted by atomic mass is 10.1. The molecule has 3 aromatic carbocycles. The van der Waals surface area contributed by atoms with Crippen LogP contribution in [0.5, 0.6) is 11.5 Å². The van der Waals surface area contributed by atoms with E-state index in [0.29, 0.717) is 33.0 Å². The number of morpholine rings is 1. The standard InChI is InChI=1S/C33H39N3O5S/c1-37-31-10-4-7-27(19-31)22-36(21-26-6-3-9-30(18-26)35-12-14-39-15-13-35)33-34-29(25-42-33)24-41-17-16-40-23-28-8-5-11-32(20-28)38-2/h3-11,18-20,25H,12-17,21-24H2,1-2H3. The minimum Gasteiger partial charge on any atom is -0.497 e. The lowest BCUT2D eigenvalue weighted by Crippen LogP contribution is -2.36. The Balaban J connectivity index is 1.19. The van der Waals surface area contributed by atoms with E-state index >= 15 is 0 Å². The third kappa shape index (κ3) is 8.69. The first-order chi connectivity index (χ1) is 20.7. The zero-order valence-electron chi connectivity index (χ0n) is 24.4. The van der Waals surface area contributed by atoms with Crippen LogP contribution in [-0.2, 0) is 40.5 Å². The van der Waals surface area contributed by atoms with Gasteiger partial charge < -0.3 is 33.5 Å². The Morgan fingerprint density at radius 2 is 1.40 bits per heavy atom. The van der Waals surface area contributed by atoms with E-state index in [4.69, 9.17) is 28.7 Å². The summed E-state index contributed by atoms with van der Waals surface area (Å²) >= 11 is 1.64. The van der Waals surface area contributed by atoms with Crippen molar-refractivity contribution in [2.24, 2.45) is 0 Å². The molecule has 0 saturated carbocycles. The number of rotatable bonds is 15. The number of thiazole rings is 1. The van der Waals surface area contributed by atoms with Crippen LogP contribution < -0.4 is 19.3 Å². The second-order valence-corrected chi connectivity index (χ2v) is 10.9. The molecule has 1 saturated heterocycles. The van der Waals surface area contributed by atoms with Gasteiger partial charge in [0.15, 0.2) is 5.13 Å². The molecule has 1 fully saturated rings. The molecule has 0 aliphatic carbocycles. The molecule has 0 spiro atoms. The molecule has 0 bridgehead atoms. The molecule has 0 amide bonds. The Morgan fingerprint density at radius 3 is 2.12 bits per heavy atom. The van der Waals surface area contributed by atoms with Crippen LogP contribution in [0.3, 0.4) is 0 Å². The molecule has 42 heavy (non-hydrogen) atoms. The lowest BCUT2D eigenvalue weighted by molar-refractivity contribution is 0.0330. The minimum absolute atomic E-state index is 0.443. The van der Waals surface area contributed by atoms with Crippen molar-refractivity contribution in [3.8, 4) is 11.5 Å². The van der Waals surface area contributed by atoms with E-state index in [-0.39, 0.29) is 0 Å². The molecule has 222 valence electrons. The van der Waals surface area contributed by atoms with Crippen molar-refractivity contribution in [1.29, 1.82) is 0 Å². The normalized spacial score (nSPS) is 13.2. The molecule has 5 rings (SSSR count). The SMILES string of the molecule is COc1cccc(COCCOCc2csc(N(Cc3cccc(OC)c3)Cc3cccc(N4CCOCC4)c3)n2)c1. The fourth-order valence-corrected chi connectivity index (χ4v) is 5.64. The molecule has 0 radical (unpaired) electrons. The topological polar surface area (TPSA) is 65.5 Å². The Bertz CT molecular complexity index is 1390. The smallest absolute Gasteiger partial charge is 0.186 e. The Kier molecular flexibility index (Phi) is 11.1. The van der Waals surface area contributed by atoms with Gasteiger partial charge in [-0.2, -0.15) is 0 Å². The first-order valence-electron chi connectivity index (χ1n) is 14.2. The monoisotopic (exact) mass is 589 g/mol. The largest absolute Gasteiger partial charge is 0.497 e. The quantitative estimate of drug-likeness (QED) is 0.158. The number of ether oxygens (including phenoxy) is 5. The van der Waals surface area contributed by atoms with Crippen molar-refractivity contribution < 1.29 is 23.7 Å². The average molecular weight is 590 g/mol. The Morgan fingerprint density at radius 1 is 0.786 bits per heavy atom. The van der Waals surface area contributed by atoms with Crippen LogP contribution in [0.4, 0.5) is 10.8 Å². The second kappa shape index (κ2) is 15.6. The molecule has 1 aromatic heterocycles. The average Bonchev–Trinajstić information content (AvgIpc) is 3.52. The van der Waals surface area contributed by atoms with Gasteiger partial charge in [0.25, 0.3) is 0 Å². The summed E-state index contributed by atoms with van der Waals surface area (Å²) in [7, 11) is 3.37. The summed E-state index contributed by atoms with van der Waals surface area (Å²) < 4.78 is 28.0. The number of hydrogen-bond donors (Lipinski definition) is 0. The minimum atomic E-state index is 0.443. The molecule has 0 unspecified atom stereocenters. The molecule has 1 aliphatic rings. The van der Waals surface area contributed by atoms with Crippen molar-refractivity contribution in [1.82, 2.24) is 4.98 Å². The van der Waals surface area contributed by atoms with E-state index in [1.54, 1.807) is 25.6 Å². The van der Waals surface area contributed by atoms with E-state index in [1.807, 2.05) is 36.4 Å². The van der Waals surface area contributed by atoms with Gasteiger partial charge in [-0.25, -0.2) is 4.98 Å². The summed E-state index contributed by atoms with van der Waals surface area (Å²) in [6, 6.07) is 24.9. The zero-order chi connectivity index (χ0) is 29.0. The van der Waals surface area contributed by atoms with E-state index < -0.39 is 0 Å². The maximum Gasteiger partial charge on any atom is 0.186 e. The van der Waals surface area contributed by atoms with Crippen LogP contribution in [0, 0.1) is 0 Å². The van der Waals surface area contributed by atoms with Gasteiger partial charge in [-0.05, 0) is 53.1 Å². The second-order valence-electron chi connectivity index (χ2n) is 10.1. The Labute approximate surface area is 252 Å². The lowest BCUT2D eigenvalue weighted by Gasteiger charge is -2.29. The first kappa shape index (κ1) is 29.8. The van der Waals surface area contributed by atoms with Crippen LogP contribution in [0.25, 0.3) is 0 Å². The van der Waals surface area contributed by atoms with Gasteiger partial charge in [-0.3, -0.25) is 0 Å². The van der Waals surface area contributed by atoms with Crippen LogP contribution in [0.1, 0.15) is 22.4 Å². The fourth-order valence-electron chi connectivity index (χ4n) is 4.83. The highest BCUT2D eigenvalue weighted by atomic mass is 32.1. The molecule has 9 heteroatoms. The predicted molar refractivity (Wildman–Crippen MR) is 167 cm³/mol. The maximum absolute atomic E-state index is 5.89. The Hall–Kier alpha value is -3.63. The summed E-state index contributed by atoms with van der Waals surface area (Å²) in [6.07, 6.45) is 0. The number of anilines is 2. The molecule has 2 heterocycles. The van der Waals surface area contributed by atoms with Crippen LogP contribution in [0.15, 0.2) is 78.2 Å². The summed E-state index contributed by atoms with van der Waals surface area (Å²) in [6.45, 7) is 6.79. The van der Waals surface area contributed by atoms with Gasteiger partial charge in [0, 0.05) is 37.2 Å². The molecular formula is C33H39N3O5S. The first-order valence-corrected chi connectivity index (χ1v) is 15.1. The fraction of sp³-hybridized carbons (Fsp3) is 0.364. The van der Waals surface area contributed by atoms with E-state index in [1.165, 1.54) is 16.8 Å². The molecule has 1 aliphatic heterocycles. The molecular weight excluding hydrogens is 550 g/mol. The van der Waals surface area contributed by atoms with E-state index in [9.17, 15) is 0 Å². The summed E-state index contributed by atoms with van der Waals surface area (Å²) in [4.78, 5) is 9.65. The summed E-state index contributed by atoms with van der Waals surface area (Å²) in [5, 5.41) is 3.04. The van der Waals surface area contributed by atoms with E-state index in [0.717, 1.165) is 60.7 Å². The number of hydrogen-bond acceptors (Lipinski definition) is 9. The number of nitrogens with zero attached hydrogens (tertiary/aromatic N) is 3. The number of aromatic nitrogens is 1. The predicted octanol–water partition coefficient (Wildman–Crippen LogP) is 5.94. The van der Waals surface area contributed by atoms with Gasteiger partial charge in [0.2, 0.25) is 0 Å². The van der Waals surface area contributed by atoms with Gasteiger partial charge in [0.1, 0.15) is 11.5 Å². The van der Waals surface area contributed by atoms with Crippen LogP contribution >= 0.6 is 11.3 Å². The highest BCUT2D eigenvalue weighted by Crippen LogP contribution is 2.27. The molecule has 0 N–H and O–H groups in total. The summed E-state index contributed by atoms with van der Waals surface area (Å²) in [5.41, 5.74) is 5.63. The summed E-state index contributed by atoms with van der Waals surface area (Å²) in [5.74, 6) is 1.68. The number of methoxy groups -OCH3 is 2. The highest BCUT2D eigenvalue weighted by molar-refractivity contribution is 7.13. The van der Waals surface area contributed by atoms with Crippen molar-refractivity contribution in [3.05, 3.63) is 101 Å². The van der Waals surface area contributed by atoms with Gasteiger partial charge >= 0.3 is 0 Å². The molecule has 0 atom stereocenters. The third-order valence-electron chi connectivity index (χ3n) is 7.00. The van der Waals surface area contributed by atoms with Crippen molar-refractivity contribution >= 4 is 22.2 Å². The van der Waals surface area contributed by atoms with E-state index in [2.05, 4.69) is 51.6 Å². The maximum atomic E-state index is 5.89. The van der Waals surface area contributed by atoms with Gasteiger partial charge in [-0.15, -0.1) is 11.3 Å². The molecule has 8 nitrogen and oxygen atoms in total. The highest BCUT2D eigenvalue weighted by Gasteiger charge is 2.16.